The maximum Gasteiger partial charge on any atom is 0.257 e. The van der Waals surface area contributed by atoms with E-state index in [0.29, 0.717) is 37.5 Å². The number of thiophene rings is 1. The minimum absolute atomic E-state index is 0.0907. The Hall–Kier alpha value is -3.21. The maximum atomic E-state index is 13.2. The highest BCUT2D eigenvalue weighted by atomic mass is 32.2. The van der Waals surface area contributed by atoms with Gasteiger partial charge < -0.3 is 15.4 Å². The van der Waals surface area contributed by atoms with Crippen molar-refractivity contribution in [3.63, 3.8) is 0 Å². The predicted molar refractivity (Wildman–Crippen MR) is 131 cm³/mol. The van der Waals surface area contributed by atoms with Crippen molar-refractivity contribution < 1.29 is 22.7 Å². The summed E-state index contributed by atoms with van der Waals surface area (Å²) < 4.78 is 33.2. The second-order valence-corrected chi connectivity index (χ2v) is 10.6. The molecule has 2 amide bonds. The molecule has 4 rings (SSSR count). The van der Waals surface area contributed by atoms with Gasteiger partial charge in [0.25, 0.3) is 11.8 Å². The Morgan fingerprint density at radius 2 is 1.91 bits per heavy atom. The Morgan fingerprint density at radius 1 is 1.12 bits per heavy atom. The van der Waals surface area contributed by atoms with Crippen molar-refractivity contribution in [1.29, 1.82) is 0 Å². The molecule has 0 saturated carbocycles. The molecule has 0 radical (unpaired) electrons. The first-order valence-corrected chi connectivity index (χ1v) is 13.1. The second-order valence-electron chi connectivity index (χ2n) is 7.71. The molecule has 178 valence electrons. The number of fused-ring (bicyclic) bond motifs is 1. The molecule has 10 heteroatoms. The number of amides is 2. The summed E-state index contributed by atoms with van der Waals surface area (Å²) in [5.74, 6) is -0.144. The van der Waals surface area contributed by atoms with Crippen LogP contribution in [0.4, 0.5) is 5.69 Å². The van der Waals surface area contributed by atoms with E-state index in [2.05, 4.69) is 10.6 Å². The van der Waals surface area contributed by atoms with Crippen LogP contribution < -0.4 is 15.4 Å². The van der Waals surface area contributed by atoms with Gasteiger partial charge in [0.15, 0.2) is 6.61 Å². The molecular weight excluding hydrogens is 474 g/mol. The Kier molecular flexibility index (Phi) is 7.30. The first kappa shape index (κ1) is 23.9. The highest BCUT2D eigenvalue weighted by molar-refractivity contribution is 7.89. The summed E-state index contributed by atoms with van der Waals surface area (Å²) in [6, 6.07) is 14.6. The van der Waals surface area contributed by atoms with Crippen LogP contribution in [0.3, 0.4) is 0 Å². The van der Waals surface area contributed by atoms with Gasteiger partial charge in [-0.2, -0.15) is 4.31 Å². The molecule has 3 aromatic rings. The lowest BCUT2D eigenvalue weighted by molar-refractivity contribution is -0.122. The maximum absolute atomic E-state index is 13.2. The van der Waals surface area contributed by atoms with Gasteiger partial charge in [0.1, 0.15) is 5.75 Å². The van der Waals surface area contributed by atoms with Crippen LogP contribution in [0.5, 0.6) is 5.75 Å². The third kappa shape index (κ3) is 5.46. The number of likely N-dealkylation sites (N-methyl/N-ethyl adjacent to an activating group) is 1. The fourth-order valence-electron chi connectivity index (χ4n) is 3.61. The van der Waals surface area contributed by atoms with Crippen molar-refractivity contribution in [1.82, 2.24) is 9.62 Å². The van der Waals surface area contributed by atoms with E-state index in [0.717, 1.165) is 5.56 Å². The highest BCUT2D eigenvalue weighted by Gasteiger charge is 2.29. The first-order valence-electron chi connectivity index (χ1n) is 10.8. The molecule has 0 saturated heterocycles. The molecule has 0 unspecified atom stereocenters. The lowest BCUT2D eigenvalue weighted by atomic mass is 10.1. The van der Waals surface area contributed by atoms with Crippen LogP contribution in [-0.2, 0) is 27.8 Å². The number of ether oxygens (including phenoxy) is 1. The molecule has 0 spiro atoms. The lowest BCUT2D eigenvalue weighted by Crippen LogP contribution is -2.35. The van der Waals surface area contributed by atoms with Crippen LogP contribution in [0.2, 0.25) is 0 Å². The van der Waals surface area contributed by atoms with E-state index < -0.39 is 15.9 Å². The molecule has 2 heterocycles. The van der Waals surface area contributed by atoms with Gasteiger partial charge in [-0.25, -0.2) is 8.42 Å². The topological polar surface area (TPSA) is 105 Å². The van der Waals surface area contributed by atoms with Crippen molar-refractivity contribution in [2.45, 2.75) is 24.8 Å². The van der Waals surface area contributed by atoms with Gasteiger partial charge in [-0.3, -0.25) is 9.59 Å². The number of rotatable bonds is 8. The number of nitrogens with zero attached hydrogens (tertiary/aromatic N) is 1. The molecule has 1 aliphatic rings. The van der Waals surface area contributed by atoms with Crippen molar-refractivity contribution >= 4 is 38.9 Å². The Balaban J connectivity index is 1.41. The van der Waals surface area contributed by atoms with E-state index in [1.54, 1.807) is 47.7 Å². The average molecular weight is 500 g/mol. The molecule has 0 bridgehead atoms. The average Bonchev–Trinajstić information content (AvgIpc) is 3.32. The Bertz CT molecular complexity index is 1290. The van der Waals surface area contributed by atoms with Gasteiger partial charge in [0, 0.05) is 35.8 Å². The van der Waals surface area contributed by atoms with Crippen molar-refractivity contribution in [3.8, 4) is 5.75 Å². The van der Waals surface area contributed by atoms with E-state index in [4.69, 9.17) is 4.74 Å². The summed E-state index contributed by atoms with van der Waals surface area (Å²) in [7, 11) is -3.73. The highest BCUT2D eigenvalue weighted by Crippen LogP contribution is 2.28. The van der Waals surface area contributed by atoms with E-state index >= 15 is 0 Å². The monoisotopic (exact) mass is 499 g/mol. The number of nitrogens with one attached hydrogen (secondary N) is 2. The zero-order chi connectivity index (χ0) is 24.1. The van der Waals surface area contributed by atoms with Crippen molar-refractivity contribution in [2.75, 3.05) is 25.0 Å². The van der Waals surface area contributed by atoms with Gasteiger partial charge in [-0.1, -0.05) is 6.07 Å². The van der Waals surface area contributed by atoms with Crippen LogP contribution in [0.15, 0.2) is 64.9 Å². The molecule has 8 nitrogen and oxygen atoms in total. The van der Waals surface area contributed by atoms with Gasteiger partial charge in [0.2, 0.25) is 10.0 Å². The molecule has 0 aliphatic carbocycles. The third-order valence-corrected chi connectivity index (χ3v) is 8.23. The van der Waals surface area contributed by atoms with E-state index in [-0.39, 0.29) is 23.0 Å². The van der Waals surface area contributed by atoms with Crippen LogP contribution in [-0.4, -0.2) is 44.2 Å². The van der Waals surface area contributed by atoms with Crippen molar-refractivity contribution in [2.24, 2.45) is 0 Å². The smallest absolute Gasteiger partial charge is 0.257 e. The number of benzene rings is 2. The molecule has 0 fully saturated rings. The van der Waals surface area contributed by atoms with Gasteiger partial charge in [-0.15, -0.1) is 11.3 Å². The summed E-state index contributed by atoms with van der Waals surface area (Å²) in [6.07, 6.45) is 0.690. The quantitative estimate of drug-likeness (QED) is 0.495. The molecule has 34 heavy (non-hydrogen) atoms. The fourth-order valence-corrected chi connectivity index (χ4v) is 5.96. The standard InChI is InChI=1S/C24H25N3O5S2/c1-2-25-23(28)16-32-20-8-6-19(7-9-20)26-24(29)17-4-3-5-21(14-17)34(30,31)27-12-10-22-18(15-27)11-13-33-22/h3-9,11,13-14H,2,10,12,15-16H2,1H3,(H,25,28)(H,26,29). The zero-order valence-electron chi connectivity index (χ0n) is 18.6. The summed E-state index contributed by atoms with van der Waals surface area (Å²) >= 11 is 1.65. The van der Waals surface area contributed by atoms with Crippen LogP contribution >= 0.6 is 11.3 Å². The number of sulfonamides is 1. The lowest BCUT2D eigenvalue weighted by Gasteiger charge is -2.26. The number of carbonyl (C=O) groups is 2. The largest absolute Gasteiger partial charge is 0.484 e. The van der Waals surface area contributed by atoms with E-state index in [1.807, 2.05) is 18.4 Å². The Labute approximate surface area is 202 Å². The molecule has 2 aromatic carbocycles. The zero-order valence-corrected chi connectivity index (χ0v) is 20.2. The van der Waals surface area contributed by atoms with Gasteiger partial charge in [-0.05, 0) is 72.8 Å². The van der Waals surface area contributed by atoms with Crippen LogP contribution in [0.1, 0.15) is 27.7 Å². The second kappa shape index (κ2) is 10.4. The fraction of sp³-hybridized carbons (Fsp3) is 0.250. The van der Waals surface area contributed by atoms with Gasteiger partial charge in [0.05, 0.1) is 4.90 Å². The normalized spacial score (nSPS) is 13.7. The molecule has 2 N–H and O–H groups in total. The van der Waals surface area contributed by atoms with E-state index in [9.17, 15) is 18.0 Å². The number of anilines is 1. The number of hydrogen-bond acceptors (Lipinski definition) is 6. The summed E-state index contributed by atoms with van der Waals surface area (Å²) in [5, 5.41) is 7.38. The minimum Gasteiger partial charge on any atom is -0.484 e. The first-order chi connectivity index (χ1) is 16.4. The molecule has 1 aromatic heterocycles. The SMILES string of the molecule is CCNC(=O)COc1ccc(NC(=O)c2cccc(S(=O)(=O)N3CCc4sccc4C3)c2)cc1. The molecule has 1 aliphatic heterocycles. The van der Waals surface area contributed by atoms with Crippen LogP contribution in [0.25, 0.3) is 0 Å². The summed E-state index contributed by atoms with van der Waals surface area (Å²) in [6.45, 7) is 3.02. The predicted octanol–water partition coefficient (Wildman–Crippen LogP) is 3.26. The molecule has 0 atom stereocenters. The third-order valence-electron chi connectivity index (χ3n) is 5.36. The van der Waals surface area contributed by atoms with E-state index in [1.165, 1.54) is 21.3 Å². The summed E-state index contributed by atoms with van der Waals surface area (Å²) in [5.41, 5.74) is 1.79. The molecular formula is C24H25N3O5S2. The summed E-state index contributed by atoms with van der Waals surface area (Å²) in [4.78, 5) is 25.6. The number of hydrogen-bond donors (Lipinski definition) is 2. The van der Waals surface area contributed by atoms with Crippen LogP contribution in [0, 0.1) is 0 Å². The number of carbonyl (C=O) groups excluding carboxylic acids is 2. The van der Waals surface area contributed by atoms with Crippen molar-refractivity contribution in [3.05, 3.63) is 76.0 Å². The minimum atomic E-state index is -3.73. The Morgan fingerprint density at radius 3 is 2.68 bits per heavy atom. The van der Waals surface area contributed by atoms with Gasteiger partial charge >= 0.3 is 0 Å².